The number of hydrogen-bond acceptors (Lipinski definition) is 4. The van der Waals surface area contributed by atoms with Gasteiger partial charge in [-0.05, 0) is 56.0 Å². The number of aromatic nitrogens is 4. The van der Waals surface area contributed by atoms with Crippen LogP contribution >= 0.6 is 0 Å². The molecule has 8 nitrogen and oxygen atoms in total. The van der Waals surface area contributed by atoms with Gasteiger partial charge in [-0.2, -0.15) is 0 Å². The van der Waals surface area contributed by atoms with Gasteiger partial charge in [0.15, 0.2) is 0 Å². The number of rotatable bonds is 0. The zero-order valence-corrected chi connectivity index (χ0v) is 25.7. The fourth-order valence-electron chi connectivity index (χ4n) is 5.67. The van der Waals surface area contributed by atoms with Gasteiger partial charge in [0.25, 0.3) is 0 Å². The first kappa shape index (κ1) is 25.7. The van der Waals surface area contributed by atoms with Gasteiger partial charge in [0, 0.05) is 45.2 Å². The van der Waals surface area contributed by atoms with Crippen molar-refractivity contribution < 1.29 is 0 Å². The zero-order chi connectivity index (χ0) is 28.9. The van der Waals surface area contributed by atoms with Crippen LogP contribution in [0, 0.1) is 0 Å². The summed E-state index contributed by atoms with van der Waals surface area (Å²) < 4.78 is 0. The molecule has 0 unspecified atom stereocenters. The van der Waals surface area contributed by atoms with Crippen molar-refractivity contribution in [1.29, 1.82) is 0 Å². The second-order valence-corrected chi connectivity index (χ2v) is 12.5. The van der Waals surface area contributed by atoms with Crippen molar-refractivity contribution >= 4 is 84.6 Å². The van der Waals surface area contributed by atoms with Crippen LogP contribution in [0.2, 0.25) is 11.5 Å². The van der Waals surface area contributed by atoms with Gasteiger partial charge in [0.05, 0.1) is 0 Å². The number of benzene rings is 2. The van der Waals surface area contributed by atoms with Crippen LogP contribution in [0.15, 0.2) is 80.7 Å². The molecule has 2 aromatic carbocycles. The number of fused-ring (bicyclic) bond motifs is 20. The summed E-state index contributed by atoms with van der Waals surface area (Å²) in [4.78, 5) is 39.4. The van der Waals surface area contributed by atoms with Crippen LogP contribution in [-0.2, 0) is 0 Å². The first-order valence-corrected chi connectivity index (χ1v) is 18.4. The average Bonchev–Trinajstić information content (AvgIpc) is 3.77. The number of nitrogens with zero attached hydrogens (tertiary/aromatic N) is 8. The third kappa shape index (κ3) is 4.28. The van der Waals surface area contributed by atoms with E-state index in [2.05, 4.69) is 48.0 Å². The van der Waals surface area contributed by atoms with Crippen LogP contribution in [0.4, 0.5) is 23.3 Å². The van der Waals surface area contributed by atoms with E-state index < -0.39 is 0 Å². The Bertz CT molecular complexity index is 2520. The van der Waals surface area contributed by atoms with E-state index in [0.717, 1.165) is 56.0 Å². The third-order valence-corrected chi connectivity index (χ3v) is 7.54. The van der Waals surface area contributed by atoms with E-state index in [1.54, 1.807) is 0 Å². The Kier molecular flexibility index (Phi) is 6.22. The average molecular weight is 617 g/mol. The molecule has 2 radical (unpaired) electrons. The van der Waals surface area contributed by atoms with Crippen molar-refractivity contribution in [3.8, 4) is 0 Å². The zero-order valence-electron chi connectivity index (χ0n) is 23.6. The summed E-state index contributed by atoms with van der Waals surface area (Å²) in [5, 5.41) is 5.53. The molecule has 0 fully saturated rings. The summed E-state index contributed by atoms with van der Waals surface area (Å²) in [5.74, 6) is 6.80. The molecule has 0 spiro atoms. The maximum atomic E-state index is 4.98. The van der Waals surface area contributed by atoms with Gasteiger partial charge in [-0.15, -0.1) is 0 Å². The molecule has 0 amide bonds. The van der Waals surface area contributed by atoms with Gasteiger partial charge in [0.1, 0.15) is 0 Å². The molecule has 0 saturated heterocycles. The van der Waals surface area contributed by atoms with E-state index in [-0.39, 0.29) is 0 Å². The predicted molar refractivity (Wildman–Crippen MR) is 170 cm³/mol. The normalized spacial score (nSPS) is 17.3. The predicted octanol–water partition coefficient (Wildman–Crippen LogP) is 3.12. The molecule has 208 valence electrons. The van der Waals surface area contributed by atoms with E-state index in [1.165, 1.54) is 0 Å². The van der Waals surface area contributed by atoms with Crippen molar-refractivity contribution in [2.75, 3.05) is 0 Å². The Morgan fingerprint density at radius 1 is 0.512 bits per heavy atom. The number of allylic oxidation sites excluding steroid dienone is 2. The van der Waals surface area contributed by atoms with Crippen molar-refractivity contribution in [2.24, 2.45) is 20.0 Å². The van der Waals surface area contributed by atoms with E-state index >= 15 is 0 Å². The summed E-state index contributed by atoms with van der Waals surface area (Å²) in [5.41, 5.74) is 4.18. The van der Waals surface area contributed by atoms with Crippen molar-refractivity contribution in [2.45, 2.75) is 24.4 Å². The monoisotopic (exact) mass is 618 g/mol. The first-order valence-electron chi connectivity index (χ1n) is 14.2. The standard InChI is InChI=1S/C32H18N8.C2H6Ge/c1-2-10-18-17(9-1)25-33-26(18)38-28-21-13-5-6-14-22(21)30(35-28)40-32-24-16-8-7-15-23(24)31(36-32)39-29-20-12-4-3-11-19(20)27(34-29)37-25;1-3-2/h1-5,8-16H,6-7H2;1-2H3/q-4;. The van der Waals surface area contributed by atoms with Gasteiger partial charge in [-0.3, -0.25) is 0 Å². The second-order valence-electron chi connectivity index (χ2n) is 10.4. The fourth-order valence-corrected chi connectivity index (χ4v) is 5.67. The summed E-state index contributed by atoms with van der Waals surface area (Å²) in [6.07, 6.45) is 14.2. The molecular formula is C34H24GeN8-4. The van der Waals surface area contributed by atoms with Crippen molar-refractivity contribution in [1.82, 2.24) is 19.9 Å². The molecule has 5 heterocycles. The van der Waals surface area contributed by atoms with Crippen LogP contribution in [-0.4, -0.2) is 15.4 Å². The van der Waals surface area contributed by atoms with E-state index in [9.17, 15) is 0 Å². The molecule has 9 rings (SSSR count). The fraction of sp³-hybridized carbons (Fsp3) is 0.118. The second kappa shape index (κ2) is 10.4. The summed E-state index contributed by atoms with van der Waals surface area (Å²) >= 11 is 0.500. The Balaban J connectivity index is 0.000000892. The Morgan fingerprint density at radius 2 is 0.930 bits per heavy atom. The molecule has 43 heavy (non-hydrogen) atoms. The molecule has 3 aliphatic rings. The number of hydrogen-bond donors (Lipinski definition) is 0. The van der Waals surface area contributed by atoms with E-state index in [1.807, 2.05) is 48.5 Å². The minimum atomic E-state index is 0.500. The van der Waals surface area contributed by atoms with Crippen molar-refractivity contribution in [3.63, 3.8) is 0 Å². The van der Waals surface area contributed by atoms with E-state index in [4.69, 9.17) is 39.9 Å². The van der Waals surface area contributed by atoms with Gasteiger partial charge < -0.3 is 39.9 Å². The van der Waals surface area contributed by atoms with Gasteiger partial charge in [-0.1, -0.05) is 85.0 Å². The summed E-state index contributed by atoms with van der Waals surface area (Å²) in [6, 6.07) is 16.0. The molecule has 2 aliphatic carbocycles. The van der Waals surface area contributed by atoms with Crippen LogP contribution in [0.1, 0.15) is 24.0 Å². The Labute approximate surface area is 252 Å². The first-order chi connectivity index (χ1) is 21.2. The van der Waals surface area contributed by atoms with Crippen LogP contribution in [0.5, 0.6) is 0 Å². The van der Waals surface area contributed by atoms with Crippen LogP contribution in [0.25, 0.3) is 45.8 Å². The molecule has 1 aliphatic heterocycles. The quantitative estimate of drug-likeness (QED) is 0.244. The molecule has 8 bridgehead atoms. The molecule has 0 saturated carbocycles. The van der Waals surface area contributed by atoms with Gasteiger partial charge in [-0.25, -0.2) is 0 Å². The summed E-state index contributed by atoms with van der Waals surface area (Å²) in [7, 11) is 0. The van der Waals surface area contributed by atoms with Crippen LogP contribution in [0.3, 0.4) is 0 Å². The topological polar surface area (TPSA) is 106 Å². The van der Waals surface area contributed by atoms with Gasteiger partial charge in [0.2, 0.25) is 0 Å². The molecule has 0 N–H and O–H groups in total. The molecule has 4 aromatic heterocycles. The van der Waals surface area contributed by atoms with Crippen LogP contribution < -0.4 is 52.3 Å². The Morgan fingerprint density at radius 3 is 1.44 bits per heavy atom. The van der Waals surface area contributed by atoms with E-state index in [0.29, 0.717) is 60.7 Å². The summed E-state index contributed by atoms with van der Waals surface area (Å²) in [6.45, 7) is 0. The minimum absolute atomic E-state index is 0.500. The SMILES string of the molecule is C1=Cc2c3[n-]/c(c2=CC1)=N\c1[n-]/c(c2c1C=CCC=2)=N\c1[n-]c(c2ccccc12)/N=c1\[n-]/c(c2ccccc12)=N\3.[CH3][Ge][CH3]. The molecule has 0 atom stereocenters. The van der Waals surface area contributed by atoms with Crippen molar-refractivity contribution in [3.05, 3.63) is 104 Å². The molecule has 6 aromatic rings. The maximum absolute atomic E-state index is 4.98. The Hall–Kier alpha value is -4.96. The third-order valence-electron chi connectivity index (χ3n) is 7.54. The van der Waals surface area contributed by atoms with Gasteiger partial charge >= 0.3 is 26.9 Å². The molecular weight excluding hydrogens is 593 g/mol. The molecule has 9 heteroatoms.